The molecule has 2 N–H and O–H groups in total. The van der Waals surface area contributed by atoms with Crippen molar-refractivity contribution in [1.82, 2.24) is 4.90 Å². The Kier molecular flexibility index (Phi) is 3.50. The fourth-order valence-corrected chi connectivity index (χ4v) is 3.46. The minimum atomic E-state index is 0.0550. The number of carbonyl (C=O) groups excluding carboxylic acids is 1. The molecule has 1 aliphatic carbocycles. The molecular weight excluding hydrogens is 308 g/mol. The highest BCUT2D eigenvalue weighted by molar-refractivity contribution is 9.10. The summed E-state index contributed by atoms with van der Waals surface area (Å²) >= 11 is 3.44. The number of nitrogens with zero attached hydrogens (tertiary/aromatic N) is 1. The summed E-state index contributed by atoms with van der Waals surface area (Å²) in [4.78, 5) is 14.7. The number of fused-ring (bicyclic) bond motifs is 1. The van der Waals surface area contributed by atoms with Gasteiger partial charge in [0, 0.05) is 16.7 Å². The van der Waals surface area contributed by atoms with Gasteiger partial charge in [0.25, 0.3) is 5.91 Å². The van der Waals surface area contributed by atoms with E-state index in [0.717, 1.165) is 23.7 Å². The molecule has 4 nitrogen and oxygen atoms in total. The lowest BCUT2D eigenvalue weighted by Gasteiger charge is -2.37. The molecule has 0 bridgehead atoms. The van der Waals surface area contributed by atoms with Crippen LogP contribution in [0.4, 0.5) is 5.69 Å². The summed E-state index contributed by atoms with van der Waals surface area (Å²) in [5.74, 6) is 0.0550. The van der Waals surface area contributed by atoms with E-state index >= 15 is 0 Å². The Morgan fingerprint density at radius 3 is 3.11 bits per heavy atom. The number of rotatable bonds is 1. The molecule has 1 aromatic rings. The predicted octanol–water partition coefficient (Wildman–Crippen LogP) is 2.42. The zero-order chi connectivity index (χ0) is 13.4. The third-order valence-corrected chi connectivity index (χ3v) is 4.66. The van der Waals surface area contributed by atoms with Crippen LogP contribution in [0, 0.1) is 0 Å². The molecule has 1 aromatic carbocycles. The molecule has 2 fully saturated rings. The number of morpholine rings is 1. The third-order valence-electron chi connectivity index (χ3n) is 3.96. The van der Waals surface area contributed by atoms with Gasteiger partial charge >= 0.3 is 0 Å². The van der Waals surface area contributed by atoms with Crippen LogP contribution in [0.25, 0.3) is 0 Å². The van der Waals surface area contributed by atoms with E-state index in [-0.39, 0.29) is 18.1 Å². The van der Waals surface area contributed by atoms with Gasteiger partial charge in [-0.15, -0.1) is 0 Å². The standard InChI is InChI=1S/C14H17BrN2O2/c15-11-5-4-9(16)8-10(11)14(18)17-6-7-19-13-3-1-2-12(13)17/h4-5,8,12-13H,1-3,6-7,16H2. The van der Waals surface area contributed by atoms with E-state index in [2.05, 4.69) is 15.9 Å². The Labute approximate surface area is 121 Å². The first kappa shape index (κ1) is 12.9. The number of halogens is 1. The van der Waals surface area contributed by atoms with E-state index in [4.69, 9.17) is 10.5 Å². The van der Waals surface area contributed by atoms with Crippen molar-refractivity contribution in [3.63, 3.8) is 0 Å². The van der Waals surface area contributed by atoms with Crippen LogP contribution < -0.4 is 5.73 Å². The van der Waals surface area contributed by atoms with Gasteiger partial charge in [0.1, 0.15) is 0 Å². The van der Waals surface area contributed by atoms with Gasteiger partial charge in [-0.1, -0.05) is 0 Å². The highest BCUT2D eigenvalue weighted by Crippen LogP contribution is 2.32. The molecule has 1 saturated carbocycles. The topological polar surface area (TPSA) is 55.6 Å². The second-order valence-corrected chi connectivity index (χ2v) is 6.00. The van der Waals surface area contributed by atoms with Gasteiger partial charge in [-0.25, -0.2) is 0 Å². The maximum Gasteiger partial charge on any atom is 0.255 e. The van der Waals surface area contributed by atoms with Crippen molar-refractivity contribution in [2.75, 3.05) is 18.9 Å². The van der Waals surface area contributed by atoms with Gasteiger partial charge in [-0.05, 0) is 53.4 Å². The van der Waals surface area contributed by atoms with Crippen LogP contribution >= 0.6 is 15.9 Å². The molecule has 1 aliphatic heterocycles. The first-order valence-electron chi connectivity index (χ1n) is 6.64. The monoisotopic (exact) mass is 324 g/mol. The summed E-state index contributed by atoms with van der Waals surface area (Å²) in [6.07, 6.45) is 3.46. The average Bonchev–Trinajstić information content (AvgIpc) is 2.89. The second-order valence-electron chi connectivity index (χ2n) is 5.15. The van der Waals surface area contributed by atoms with Gasteiger partial charge in [0.15, 0.2) is 0 Å². The van der Waals surface area contributed by atoms with Crippen molar-refractivity contribution in [2.24, 2.45) is 0 Å². The van der Waals surface area contributed by atoms with Crippen molar-refractivity contribution >= 4 is 27.5 Å². The maximum atomic E-state index is 12.7. The number of hydrogen-bond donors (Lipinski definition) is 1. The quantitative estimate of drug-likeness (QED) is 0.807. The molecule has 1 saturated heterocycles. The average molecular weight is 325 g/mol. The van der Waals surface area contributed by atoms with E-state index < -0.39 is 0 Å². The summed E-state index contributed by atoms with van der Waals surface area (Å²) in [7, 11) is 0. The van der Waals surface area contributed by atoms with E-state index in [1.54, 1.807) is 12.1 Å². The third kappa shape index (κ3) is 2.37. The van der Waals surface area contributed by atoms with Gasteiger partial charge in [0.05, 0.1) is 24.3 Å². The molecular formula is C14H17BrN2O2. The number of amides is 1. The molecule has 102 valence electrons. The van der Waals surface area contributed by atoms with Gasteiger partial charge < -0.3 is 15.4 Å². The van der Waals surface area contributed by atoms with E-state index in [1.165, 1.54) is 0 Å². The van der Waals surface area contributed by atoms with E-state index in [9.17, 15) is 4.79 Å². The van der Waals surface area contributed by atoms with Crippen molar-refractivity contribution in [3.8, 4) is 0 Å². The SMILES string of the molecule is Nc1ccc(Br)c(C(=O)N2CCOC3CCCC32)c1. The highest BCUT2D eigenvalue weighted by atomic mass is 79.9. The van der Waals surface area contributed by atoms with Crippen LogP contribution in [0.2, 0.25) is 0 Å². The lowest BCUT2D eigenvalue weighted by molar-refractivity contribution is -0.0445. The van der Waals surface area contributed by atoms with Crippen molar-refractivity contribution in [3.05, 3.63) is 28.2 Å². The van der Waals surface area contributed by atoms with Crippen LogP contribution in [-0.2, 0) is 4.74 Å². The Morgan fingerprint density at radius 1 is 1.42 bits per heavy atom. The lowest BCUT2D eigenvalue weighted by atomic mass is 10.1. The lowest BCUT2D eigenvalue weighted by Crippen LogP contribution is -2.51. The Bertz CT molecular complexity index is 506. The van der Waals surface area contributed by atoms with Crippen LogP contribution in [0.1, 0.15) is 29.6 Å². The summed E-state index contributed by atoms with van der Waals surface area (Å²) in [5.41, 5.74) is 7.04. The number of ether oxygens (including phenoxy) is 1. The Balaban J connectivity index is 1.88. The smallest absolute Gasteiger partial charge is 0.255 e. The Morgan fingerprint density at radius 2 is 2.26 bits per heavy atom. The molecule has 0 radical (unpaired) electrons. The zero-order valence-electron chi connectivity index (χ0n) is 10.6. The molecule has 0 aromatic heterocycles. The van der Waals surface area contributed by atoms with Gasteiger partial charge in [0.2, 0.25) is 0 Å². The normalized spacial score (nSPS) is 26.3. The summed E-state index contributed by atoms with van der Waals surface area (Å²) in [6, 6.07) is 5.59. The molecule has 2 aliphatic rings. The minimum Gasteiger partial charge on any atom is -0.399 e. The number of anilines is 1. The molecule has 19 heavy (non-hydrogen) atoms. The van der Waals surface area contributed by atoms with Crippen LogP contribution in [0.5, 0.6) is 0 Å². The first-order chi connectivity index (χ1) is 9.16. The fraction of sp³-hybridized carbons (Fsp3) is 0.500. The molecule has 5 heteroatoms. The van der Waals surface area contributed by atoms with Crippen molar-refractivity contribution in [2.45, 2.75) is 31.4 Å². The fourth-order valence-electron chi connectivity index (χ4n) is 3.04. The predicted molar refractivity (Wildman–Crippen MR) is 77.0 cm³/mol. The van der Waals surface area contributed by atoms with Crippen LogP contribution in [0.3, 0.4) is 0 Å². The number of carbonyl (C=O) groups is 1. The minimum absolute atomic E-state index is 0.0550. The summed E-state index contributed by atoms with van der Waals surface area (Å²) in [6.45, 7) is 1.30. The first-order valence-corrected chi connectivity index (χ1v) is 7.44. The molecule has 0 spiro atoms. The Hall–Kier alpha value is -1.07. The summed E-state index contributed by atoms with van der Waals surface area (Å²) < 4.78 is 6.54. The van der Waals surface area contributed by atoms with Gasteiger partial charge in [-0.3, -0.25) is 4.79 Å². The van der Waals surface area contributed by atoms with E-state index in [1.807, 2.05) is 11.0 Å². The van der Waals surface area contributed by atoms with Crippen molar-refractivity contribution in [1.29, 1.82) is 0 Å². The molecule has 3 rings (SSSR count). The maximum absolute atomic E-state index is 12.7. The zero-order valence-corrected chi connectivity index (χ0v) is 12.2. The summed E-state index contributed by atoms with van der Waals surface area (Å²) in [5, 5.41) is 0. The number of nitrogen functional groups attached to an aromatic ring is 1. The van der Waals surface area contributed by atoms with Crippen LogP contribution in [0.15, 0.2) is 22.7 Å². The van der Waals surface area contributed by atoms with Crippen molar-refractivity contribution < 1.29 is 9.53 Å². The highest BCUT2D eigenvalue weighted by Gasteiger charge is 2.38. The number of benzene rings is 1. The largest absolute Gasteiger partial charge is 0.399 e. The number of hydrogen-bond acceptors (Lipinski definition) is 3. The second kappa shape index (κ2) is 5.13. The van der Waals surface area contributed by atoms with Gasteiger partial charge in [-0.2, -0.15) is 0 Å². The van der Waals surface area contributed by atoms with E-state index in [0.29, 0.717) is 24.4 Å². The van der Waals surface area contributed by atoms with Crippen LogP contribution in [-0.4, -0.2) is 36.1 Å². The molecule has 2 atom stereocenters. The molecule has 1 amide bonds. The number of nitrogens with two attached hydrogens (primary N) is 1. The molecule has 1 heterocycles. The molecule has 2 unspecified atom stereocenters.